The van der Waals surface area contributed by atoms with Gasteiger partial charge in [-0.05, 0) is 61.6 Å². The number of carbonyl (C=O) groups is 1. The SMILES string of the molecule is CCc1ccccc1N(CC(=O)Nc1cccc(SC)c1)S(=O)(=O)c1ccc(C)cc1. The van der Waals surface area contributed by atoms with Gasteiger partial charge in [-0.15, -0.1) is 11.8 Å². The fourth-order valence-electron chi connectivity index (χ4n) is 3.22. The summed E-state index contributed by atoms with van der Waals surface area (Å²) in [5.41, 5.74) is 2.97. The molecule has 0 spiro atoms. The Morgan fingerprint density at radius 2 is 1.71 bits per heavy atom. The highest BCUT2D eigenvalue weighted by atomic mass is 32.2. The Morgan fingerprint density at radius 1 is 1.00 bits per heavy atom. The van der Waals surface area contributed by atoms with Gasteiger partial charge in [0, 0.05) is 10.6 Å². The molecule has 1 N–H and O–H groups in total. The lowest BCUT2D eigenvalue weighted by molar-refractivity contribution is -0.114. The van der Waals surface area contributed by atoms with Crippen molar-refractivity contribution < 1.29 is 13.2 Å². The van der Waals surface area contributed by atoms with Crippen molar-refractivity contribution in [3.8, 4) is 0 Å². The number of amides is 1. The van der Waals surface area contributed by atoms with Crippen LogP contribution in [0.25, 0.3) is 0 Å². The molecule has 0 atom stereocenters. The molecule has 1 amide bonds. The number of hydrogen-bond donors (Lipinski definition) is 1. The molecule has 0 fully saturated rings. The number of aryl methyl sites for hydroxylation is 2. The van der Waals surface area contributed by atoms with Gasteiger partial charge in [-0.1, -0.05) is 48.9 Å². The zero-order valence-electron chi connectivity index (χ0n) is 17.8. The molecule has 0 aliphatic heterocycles. The van der Waals surface area contributed by atoms with Gasteiger partial charge in [-0.25, -0.2) is 8.42 Å². The summed E-state index contributed by atoms with van der Waals surface area (Å²) in [5, 5.41) is 2.83. The third kappa shape index (κ3) is 5.48. The van der Waals surface area contributed by atoms with E-state index in [9.17, 15) is 13.2 Å². The summed E-state index contributed by atoms with van der Waals surface area (Å²) in [6.07, 6.45) is 2.60. The predicted octanol–water partition coefficient (Wildman–Crippen LogP) is 5.11. The number of nitrogens with zero attached hydrogens (tertiary/aromatic N) is 1. The Balaban J connectivity index is 1.97. The van der Waals surface area contributed by atoms with Crippen LogP contribution in [-0.4, -0.2) is 27.1 Å². The van der Waals surface area contributed by atoms with Crippen LogP contribution in [-0.2, 0) is 21.2 Å². The molecule has 3 aromatic carbocycles. The van der Waals surface area contributed by atoms with Crippen LogP contribution in [0.2, 0.25) is 0 Å². The van der Waals surface area contributed by atoms with E-state index in [-0.39, 0.29) is 11.4 Å². The maximum atomic E-state index is 13.5. The number of para-hydroxylation sites is 1. The van der Waals surface area contributed by atoms with Gasteiger partial charge < -0.3 is 5.32 Å². The molecule has 162 valence electrons. The van der Waals surface area contributed by atoms with Gasteiger partial charge >= 0.3 is 0 Å². The van der Waals surface area contributed by atoms with Gasteiger partial charge in [0.15, 0.2) is 0 Å². The summed E-state index contributed by atoms with van der Waals surface area (Å²) in [7, 11) is -3.94. The first-order chi connectivity index (χ1) is 14.8. The van der Waals surface area contributed by atoms with Crippen molar-refractivity contribution >= 4 is 39.1 Å². The highest BCUT2D eigenvalue weighted by Gasteiger charge is 2.28. The van der Waals surface area contributed by atoms with E-state index in [2.05, 4.69) is 5.32 Å². The Morgan fingerprint density at radius 3 is 2.39 bits per heavy atom. The van der Waals surface area contributed by atoms with E-state index in [1.165, 1.54) is 4.31 Å². The first-order valence-corrected chi connectivity index (χ1v) is 12.6. The summed E-state index contributed by atoms with van der Waals surface area (Å²) >= 11 is 1.57. The van der Waals surface area contributed by atoms with E-state index in [4.69, 9.17) is 0 Å². The number of hydrogen-bond acceptors (Lipinski definition) is 4. The number of thioether (sulfide) groups is 1. The molecule has 0 radical (unpaired) electrons. The highest BCUT2D eigenvalue weighted by Crippen LogP contribution is 2.28. The number of carbonyl (C=O) groups excluding carboxylic acids is 1. The molecule has 0 unspecified atom stereocenters. The second kappa shape index (κ2) is 10.0. The van der Waals surface area contributed by atoms with Crippen LogP contribution in [0.1, 0.15) is 18.1 Å². The molecule has 0 aromatic heterocycles. The molecule has 3 rings (SSSR count). The predicted molar refractivity (Wildman–Crippen MR) is 128 cm³/mol. The fourth-order valence-corrected chi connectivity index (χ4v) is 5.14. The summed E-state index contributed by atoms with van der Waals surface area (Å²) in [5.74, 6) is -0.403. The summed E-state index contributed by atoms with van der Waals surface area (Å²) < 4.78 is 28.3. The lowest BCUT2D eigenvalue weighted by atomic mass is 10.1. The van der Waals surface area contributed by atoms with Crippen LogP contribution in [0.4, 0.5) is 11.4 Å². The second-order valence-electron chi connectivity index (χ2n) is 7.09. The van der Waals surface area contributed by atoms with Gasteiger partial charge in [-0.2, -0.15) is 0 Å². The molecule has 0 heterocycles. The van der Waals surface area contributed by atoms with Crippen LogP contribution in [0.3, 0.4) is 0 Å². The summed E-state index contributed by atoms with van der Waals surface area (Å²) in [6, 6.07) is 21.4. The van der Waals surface area contributed by atoms with Crippen LogP contribution in [0.5, 0.6) is 0 Å². The Bertz CT molecular complexity index is 1160. The number of rotatable bonds is 8. The molecule has 0 aliphatic rings. The van der Waals surface area contributed by atoms with Crippen molar-refractivity contribution in [2.45, 2.75) is 30.1 Å². The van der Waals surface area contributed by atoms with E-state index >= 15 is 0 Å². The van der Waals surface area contributed by atoms with E-state index in [1.54, 1.807) is 54.2 Å². The van der Waals surface area contributed by atoms with Crippen molar-refractivity contribution in [3.05, 3.63) is 83.9 Å². The molecule has 5 nitrogen and oxygen atoms in total. The first-order valence-electron chi connectivity index (χ1n) is 9.96. The topological polar surface area (TPSA) is 66.5 Å². The zero-order chi connectivity index (χ0) is 22.4. The van der Waals surface area contributed by atoms with Gasteiger partial charge in [0.2, 0.25) is 5.91 Å². The average molecular weight is 455 g/mol. The van der Waals surface area contributed by atoms with Crippen LogP contribution < -0.4 is 9.62 Å². The van der Waals surface area contributed by atoms with Crippen molar-refractivity contribution in [3.63, 3.8) is 0 Å². The lowest BCUT2D eigenvalue weighted by Gasteiger charge is -2.26. The number of anilines is 2. The third-order valence-electron chi connectivity index (χ3n) is 4.89. The molecule has 0 saturated carbocycles. The van der Waals surface area contributed by atoms with E-state index in [0.717, 1.165) is 16.0 Å². The molecular weight excluding hydrogens is 428 g/mol. The molecule has 7 heteroatoms. The quantitative estimate of drug-likeness (QED) is 0.480. The molecule has 31 heavy (non-hydrogen) atoms. The minimum atomic E-state index is -3.94. The summed E-state index contributed by atoms with van der Waals surface area (Å²) in [6.45, 7) is 3.54. The highest BCUT2D eigenvalue weighted by molar-refractivity contribution is 7.98. The smallest absolute Gasteiger partial charge is 0.264 e. The molecule has 0 saturated heterocycles. The molecule has 3 aromatic rings. The van der Waals surface area contributed by atoms with Crippen molar-refractivity contribution in [2.75, 3.05) is 22.4 Å². The monoisotopic (exact) mass is 454 g/mol. The molecule has 0 bridgehead atoms. The number of nitrogens with one attached hydrogen (secondary N) is 1. The van der Waals surface area contributed by atoms with Crippen molar-refractivity contribution in [1.82, 2.24) is 0 Å². The Hall–Kier alpha value is -2.77. The minimum absolute atomic E-state index is 0.154. The van der Waals surface area contributed by atoms with Crippen molar-refractivity contribution in [2.24, 2.45) is 0 Å². The van der Waals surface area contributed by atoms with Crippen LogP contribution in [0, 0.1) is 6.92 Å². The maximum absolute atomic E-state index is 13.5. The van der Waals surface area contributed by atoms with Crippen molar-refractivity contribution in [1.29, 1.82) is 0 Å². The van der Waals surface area contributed by atoms with Crippen LogP contribution in [0.15, 0.2) is 82.6 Å². The van der Waals surface area contributed by atoms with E-state index in [0.29, 0.717) is 17.8 Å². The van der Waals surface area contributed by atoms with Gasteiger partial charge in [0.05, 0.1) is 10.6 Å². The largest absolute Gasteiger partial charge is 0.324 e. The standard InChI is InChI=1S/C24H26N2O3S2/c1-4-19-8-5-6-11-23(19)26(31(28,29)22-14-12-18(2)13-15-22)17-24(27)25-20-9-7-10-21(16-20)30-3/h5-16H,4,17H2,1-3H3,(H,25,27). The Labute approximate surface area is 188 Å². The minimum Gasteiger partial charge on any atom is -0.324 e. The fraction of sp³-hybridized carbons (Fsp3) is 0.208. The molecular formula is C24H26N2O3S2. The average Bonchev–Trinajstić information content (AvgIpc) is 2.77. The normalized spacial score (nSPS) is 11.2. The maximum Gasteiger partial charge on any atom is 0.264 e. The number of sulfonamides is 1. The van der Waals surface area contributed by atoms with Crippen LogP contribution >= 0.6 is 11.8 Å². The molecule has 0 aliphatic carbocycles. The zero-order valence-corrected chi connectivity index (χ0v) is 19.5. The lowest BCUT2D eigenvalue weighted by Crippen LogP contribution is -2.38. The van der Waals surface area contributed by atoms with E-state index in [1.807, 2.05) is 50.4 Å². The van der Waals surface area contributed by atoms with Gasteiger partial charge in [0.1, 0.15) is 6.54 Å². The summed E-state index contributed by atoms with van der Waals surface area (Å²) in [4.78, 5) is 14.1. The van der Waals surface area contributed by atoms with E-state index < -0.39 is 15.9 Å². The van der Waals surface area contributed by atoms with Gasteiger partial charge in [-0.3, -0.25) is 9.10 Å². The van der Waals surface area contributed by atoms with Gasteiger partial charge in [0.25, 0.3) is 10.0 Å². The second-order valence-corrected chi connectivity index (χ2v) is 9.83. The Kier molecular flexibility index (Phi) is 7.41. The number of benzene rings is 3. The third-order valence-corrected chi connectivity index (χ3v) is 7.39. The first kappa shape index (κ1) is 22.9.